The molecule has 1 aromatic carbocycles. The molecule has 0 aliphatic heterocycles. The monoisotopic (exact) mass is 348 g/mol. The second kappa shape index (κ2) is 8.35. The average Bonchev–Trinajstić information content (AvgIpc) is 2.44. The second-order valence-electron chi connectivity index (χ2n) is 5.44. The molecule has 0 radical (unpaired) electrons. The normalized spacial score (nSPS) is 12.0. The summed E-state index contributed by atoms with van der Waals surface area (Å²) in [5.74, 6) is -0.534. The first-order chi connectivity index (χ1) is 10.7. The van der Waals surface area contributed by atoms with Gasteiger partial charge in [0.2, 0.25) is 10.0 Å². The third-order valence-corrected chi connectivity index (χ3v) is 4.62. The van der Waals surface area contributed by atoms with E-state index < -0.39 is 28.9 Å². The Bertz CT molecular complexity index is 616. The van der Waals surface area contributed by atoms with Gasteiger partial charge in [-0.05, 0) is 44.5 Å². The zero-order valence-electron chi connectivity index (χ0n) is 13.4. The molecular weight excluding hydrogens is 326 g/mol. The highest BCUT2D eigenvalue weighted by Gasteiger charge is 2.20. The first kappa shape index (κ1) is 19.5. The van der Waals surface area contributed by atoms with E-state index in [2.05, 4.69) is 4.72 Å². The Morgan fingerprint density at radius 3 is 2.22 bits per heavy atom. The number of alkyl halides is 2. The Morgan fingerprint density at radius 2 is 1.78 bits per heavy atom. The Labute approximate surface area is 135 Å². The van der Waals surface area contributed by atoms with Gasteiger partial charge in [-0.25, -0.2) is 21.9 Å². The predicted molar refractivity (Wildman–Crippen MR) is 84.1 cm³/mol. The average molecular weight is 348 g/mol. The fraction of sp³-hybridized carbons (Fsp3) is 0.533. The number of nitrogens with one attached hydrogen (secondary N) is 1. The number of carbonyl (C=O) groups excluding carboxylic acids is 1. The van der Waals surface area contributed by atoms with Crippen molar-refractivity contribution >= 4 is 15.9 Å². The summed E-state index contributed by atoms with van der Waals surface area (Å²) in [6.45, 7) is 4.77. The highest BCUT2D eigenvalue weighted by molar-refractivity contribution is 7.89. The van der Waals surface area contributed by atoms with E-state index in [0.717, 1.165) is 4.90 Å². The molecule has 0 heterocycles. The Morgan fingerprint density at radius 1 is 1.22 bits per heavy atom. The van der Waals surface area contributed by atoms with Gasteiger partial charge in [0.05, 0.1) is 11.4 Å². The SMILES string of the molecule is CCCN(CC(F)F)C(=O)c1ccc(S(=O)(=O)NC(C)C)cc1. The molecule has 0 saturated heterocycles. The number of rotatable bonds is 8. The summed E-state index contributed by atoms with van der Waals surface area (Å²) in [4.78, 5) is 13.3. The molecule has 1 amide bonds. The summed E-state index contributed by atoms with van der Waals surface area (Å²) in [6, 6.07) is 5.01. The lowest BCUT2D eigenvalue weighted by Gasteiger charge is -2.21. The maximum Gasteiger partial charge on any atom is 0.255 e. The number of nitrogens with zero attached hydrogens (tertiary/aromatic N) is 1. The third kappa shape index (κ3) is 5.87. The van der Waals surface area contributed by atoms with Gasteiger partial charge in [-0.3, -0.25) is 4.79 Å². The van der Waals surface area contributed by atoms with Crippen LogP contribution in [-0.4, -0.2) is 44.8 Å². The van der Waals surface area contributed by atoms with Crippen molar-refractivity contribution in [2.75, 3.05) is 13.1 Å². The number of amides is 1. The van der Waals surface area contributed by atoms with E-state index in [1.165, 1.54) is 24.3 Å². The van der Waals surface area contributed by atoms with Crippen LogP contribution in [0.3, 0.4) is 0 Å². The number of halogens is 2. The fourth-order valence-corrected chi connectivity index (χ4v) is 3.30. The molecule has 130 valence electrons. The van der Waals surface area contributed by atoms with Crippen LogP contribution in [0.4, 0.5) is 8.78 Å². The number of carbonyl (C=O) groups is 1. The van der Waals surface area contributed by atoms with E-state index in [9.17, 15) is 22.0 Å². The van der Waals surface area contributed by atoms with Crippen molar-refractivity contribution in [2.45, 2.75) is 44.6 Å². The summed E-state index contributed by atoms with van der Waals surface area (Å²) >= 11 is 0. The van der Waals surface area contributed by atoms with Crippen molar-refractivity contribution in [1.29, 1.82) is 0 Å². The maximum absolute atomic E-state index is 12.5. The minimum Gasteiger partial charge on any atom is -0.333 e. The van der Waals surface area contributed by atoms with Crippen molar-refractivity contribution in [3.8, 4) is 0 Å². The van der Waals surface area contributed by atoms with Crippen LogP contribution < -0.4 is 4.72 Å². The van der Waals surface area contributed by atoms with Crippen LogP contribution in [0.5, 0.6) is 0 Å². The molecule has 0 saturated carbocycles. The molecule has 0 aliphatic rings. The summed E-state index contributed by atoms with van der Waals surface area (Å²) in [5, 5.41) is 0. The number of hydrogen-bond donors (Lipinski definition) is 1. The zero-order valence-corrected chi connectivity index (χ0v) is 14.2. The van der Waals surface area contributed by atoms with Crippen LogP contribution in [0.1, 0.15) is 37.6 Å². The third-order valence-electron chi connectivity index (χ3n) is 2.94. The van der Waals surface area contributed by atoms with Crippen LogP contribution in [0.25, 0.3) is 0 Å². The van der Waals surface area contributed by atoms with Gasteiger partial charge in [-0.15, -0.1) is 0 Å². The minimum absolute atomic E-state index is 0.0265. The van der Waals surface area contributed by atoms with Crippen LogP contribution in [0.2, 0.25) is 0 Å². The van der Waals surface area contributed by atoms with Gasteiger partial charge in [0.1, 0.15) is 0 Å². The topological polar surface area (TPSA) is 66.5 Å². The van der Waals surface area contributed by atoms with Gasteiger partial charge in [-0.1, -0.05) is 6.92 Å². The number of sulfonamides is 1. The molecule has 0 aliphatic carbocycles. The number of benzene rings is 1. The lowest BCUT2D eigenvalue weighted by Crippen LogP contribution is -2.35. The Balaban J connectivity index is 2.96. The maximum atomic E-state index is 12.5. The molecule has 8 heteroatoms. The Kier molecular flexibility index (Phi) is 7.08. The quantitative estimate of drug-likeness (QED) is 0.785. The van der Waals surface area contributed by atoms with Crippen molar-refractivity contribution in [2.24, 2.45) is 0 Å². The highest BCUT2D eigenvalue weighted by Crippen LogP contribution is 2.14. The second-order valence-corrected chi connectivity index (χ2v) is 7.16. The van der Waals surface area contributed by atoms with E-state index in [0.29, 0.717) is 6.42 Å². The molecule has 0 fully saturated rings. The van der Waals surface area contributed by atoms with Gasteiger partial charge >= 0.3 is 0 Å². The van der Waals surface area contributed by atoms with Crippen LogP contribution in [0.15, 0.2) is 29.2 Å². The predicted octanol–water partition coefficient (Wildman–Crippen LogP) is 2.49. The van der Waals surface area contributed by atoms with Gasteiger partial charge in [0, 0.05) is 18.2 Å². The molecular formula is C15H22F2N2O3S. The molecule has 1 N–H and O–H groups in total. The summed E-state index contributed by atoms with van der Waals surface area (Å²) in [6.07, 6.45) is -2.05. The minimum atomic E-state index is -3.65. The van der Waals surface area contributed by atoms with E-state index >= 15 is 0 Å². The largest absolute Gasteiger partial charge is 0.333 e. The molecule has 1 rings (SSSR count). The fourth-order valence-electron chi connectivity index (χ4n) is 2.05. The van der Waals surface area contributed by atoms with E-state index in [1.54, 1.807) is 20.8 Å². The Hall–Kier alpha value is -1.54. The van der Waals surface area contributed by atoms with E-state index in [-0.39, 0.29) is 23.0 Å². The van der Waals surface area contributed by atoms with Crippen LogP contribution in [-0.2, 0) is 10.0 Å². The standard InChI is InChI=1S/C15H22F2N2O3S/c1-4-9-19(10-14(16)17)15(20)12-5-7-13(8-6-12)23(21,22)18-11(2)3/h5-8,11,14,18H,4,9-10H2,1-3H3. The van der Waals surface area contributed by atoms with Crippen molar-refractivity contribution < 1.29 is 22.0 Å². The molecule has 5 nitrogen and oxygen atoms in total. The van der Waals surface area contributed by atoms with E-state index in [1.807, 2.05) is 0 Å². The molecule has 0 aromatic heterocycles. The molecule has 0 unspecified atom stereocenters. The highest BCUT2D eigenvalue weighted by atomic mass is 32.2. The summed E-state index contributed by atoms with van der Waals surface area (Å²) in [7, 11) is -3.65. The molecule has 0 spiro atoms. The van der Waals surface area contributed by atoms with E-state index in [4.69, 9.17) is 0 Å². The summed E-state index contributed by atoms with van der Waals surface area (Å²) in [5.41, 5.74) is 0.183. The van der Waals surface area contributed by atoms with Crippen molar-refractivity contribution in [3.05, 3.63) is 29.8 Å². The number of hydrogen-bond acceptors (Lipinski definition) is 3. The van der Waals surface area contributed by atoms with Gasteiger partial charge in [0.25, 0.3) is 12.3 Å². The van der Waals surface area contributed by atoms with Gasteiger partial charge < -0.3 is 4.90 Å². The smallest absolute Gasteiger partial charge is 0.255 e. The van der Waals surface area contributed by atoms with Gasteiger partial charge in [0.15, 0.2) is 0 Å². The van der Waals surface area contributed by atoms with Crippen LogP contribution in [0, 0.1) is 0 Å². The van der Waals surface area contributed by atoms with Crippen LogP contribution >= 0.6 is 0 Å². The first-order valence-electron chi connectivity index (χ1n) is 7.37. The van der Waals surface area contributed by atoms with Gasteiger partial charge in [-0.2, -0.15) is 0 Å². The zero-order chi connectivity index (χ0) is 17.6. The molecule has 0 bridgehead atoms. The van der Waals surface area contributed by atoms with Crippen molar-refractivity contribution in [1.82, 2.24) is 9.62 Å². The molecule has 23 heavy (non-hydrogen) atoms. The first-order valence-corrected chi connectivity index (χ1v) is 8.85. The van der Waals surface area contributed by atoms with Crippen molar-refractivity contribution in [3.63, 3.8) is 0 Å². The lowest BCUT2D eigenvalue weighted by atomic mass is 10.2. The molecule has 0 atom stereocenters. The lowest BCUT2D eigenvalue weighted by molar-refractivity contribution is 0.0555. The summed E-state index contributed by atoms with van der Waals surface area (Å²) < 4.78 is 51.5. The molecule has 1 aromatic rings.